The van der Waals surface area contributed by atoms with Gasteiger partial charge in [-0.1, -0.05) is 17.7 Å². The number of hydrogen-bond acceptors (Lipinski definition) is 11. The van der Waals surface area contributed by atoms with Gasteiger partial charge in [-0.3, -0.25) is 4.90 Å². The molecule has 7 rings (SSSR count). The van der Waals surface area contributed by atoms with Crippen LogP contribution in [-0.2, 0) is 4.79 Å². The number of nitrogens with two attached hydrogens (primary N) is 1. The number of likely N-dealkylation sites (N-methyl/N-ethyl adjacent to an activating group) is 1. The third-order valence-electron chi connectivity index (χ3n) is 9.97. The summed E-state index contributed by atoms with van der Waals surface area (Å²) in [5.41, 5.74) is 6.60. The zero-order valence-corrected chi connectivity index (χ0v) is 30.8. The van der Waals surface area contributed by atoms with Gasteiger partial charge in [-0.15, -0.1) is 11.3 Å². The summed E-state index contributed by atoms with van der Waals surface area (Å²) in [6, 6.07) is 8.65. The molecule has 2 aromatic heterocycles. The minimum absolute atomic E-state index is 0.0306. The number of thiophene rings is 1. The number of carbonyl (C=O) groups is 1. The number of ether oxygens (including phenoxy) is 1. The van der Waals surface area contributed by atoms with Crippen LogP contribution in [0, 0.1) is 40.2 Å². The second-order valence-corrected chi connectivity index (χ2v) is 14.8. The number of hydrogen-bond donors (Lipinski definition) is 2. The molecule has 1 saturated carbocycles. The van der Waals surface area contributed by atoms with E-state index in [1.54, 1.807) is 6.07 Å². The SMILES string of the molecule is C=O.CNCCCCC(C)Oc1nc(N2CCCC3(CCN3C)C2)c2cc(Cl)c(-c3ccc(F)c4sc(N)c(C#N)c34)c(F)c2n1.N#CC1CC1. The number of nitrogens with zero attached hydrogens (tertiary/aromatic N) is 6. The van der Waals surface area contributed by atoms with Gasteiger partial charge in [0.25, 0.3) is 0 Å². The summed E-state index contributed by atoms with van der Waals surface area (Å²) in [6.07, 6.45) is 8.07. The van der Waals surface area contributed by atoms with Crippen molar-refractivity contribution in [2.45, 2.75) is 69.9 Å². The van der Waals surface area contributed by atoms with E-state index >= 15 is 4.39 Å². The van der Waals surface area contributed by atoms with Gasteiger partial charge in [0.05, 0.1) is 27.5 Å². The molecule has 0 bridgehead atoms. The molecule has 4 heterocycles. The molecule has 3 N–H and O–H groups in total. The van der Waals surface area contributed by atoms with E-state index in [4.69, 9.17) is 37.1 Å². The van der Waals surface area contributed by atoms with Crippen LogP contribution in [0.2, 0.25) is 5.02 Å². The Labute approximate surface area is 306 Å². The molecule has 2 aliphatic heterocycles. The molecule has 1 spiro atoms. The molecule has 51 heavy (non-hydrogen) atoms. The lowest BCUT2D eigenvalue weighted by Gasteiger charge is -2.56. The predicted molar refractivity (Wildman–Crippen MR) is 199 cm³/mol. The Bertz CT molecular complexity index is 1980. The standard InChI is InChI=1S/C32H36ClF2N7OS.C4H5N.CH2O/c1-18(7-4-5-12-38-2)43-31-39-27-20(30(40-31)42-13-6-10-32(17-42)11-14-41(32)3)15-22(33)25(26(27)35)19-8-9-23(34)28-24(19)21(16-36)29(37)44-28;5-3-4-1-2-4;1-2/h8-9,15,18,38H,4-7,10-14,17,37H2,1-3H3;4H,1-2H2;1H2. The molecule has 0 radical (unpaired) electrons. The molecule has 10 nitrogen and oxygen atoms in total. The van der Waals surface area contributed by atoms with Crippen molar-refractivity contribution in [3.63, 3.8) is 0 Å². The topological polar surface area (TPSA) is 144 Å². The van der Waals surface area contributed by atoms with Crippen LogP contribution in [0.5, 0.6) is 6.01 Å². The zero-order valence-electron chi connectivity index (χ0n) is 29.2. The number of anilines is 2. The predicted octanol–water partition coefficient (Wildman–Crippen LogP) is 7.46. The molecule has 2 atom stereocenters. The van der Waals surface area contributed by atoms with E-state index in [-0.39, 0.29) is 60.0 Å². The van der Waals surface area contributed by atoms with Crippen LogP contribution < -0.4 is 20.7 Å². The molecule has 3 fully saturated rings. The number of nitriles is 2. The molecule has 4 aromatic rings. The lowest BCUT2D eigenvalue weighted by Crippen LogP contribution is -2.65. The van der Waals surface area contributed by atoms with Crippen molar-refractivity contribution in [3.8, 4) is 29.3 Å². The maximum absolute atomic E-state index is 16.9. The number of aromatic nitrogens is 2. The maximum atomic E-state index is 16.9. The normalized spacial score (nSPS) is 18.9. The van der Waals surface area contributed by atoms with Crippen LogP contribution >= 0.6 is 22.9 Å². The first-order valence-corrected chi connectivity index (χ1v) is 18.4. The Hall–Kier alpha value is -4.14. The van der Waals surface area contributed by atoms with E-state index < -0.39 is 11.6 Å². The van der Waals surface area contributed by atoms with Crippen molar-refractivity contribution in [1.29, 1.82) is 10.5 Å². The minimum Gasteiger partial charge on any atom is -0.460 e. The van der Waals surface area contributed by atoms with Gasteiger partial charge in [0, 0.05) is 47.4 Å². The molecular formula is C37H43ClF2N8O2S. The van der Waals surface area contributed by atoms with Crippen molar-refractivity contribution >= 4 is 61.5 Å². The van der Waals surface area contributed by atoms with Gasteiger partial charge in [-0.2, -0.15) is 20.5 Å². The van der Waals surface area contributed by atoms with E-state index in [0.29, 0.717) is 17.1 Å². The molecule has 3 aliphatic rings. The second kappa shape index (κ2) is 16.5. The van der Waals surface area contributed by atoms with Crippen LogP contribution in [0.25, 0.3) is 32.1 Å². The third kappa shape index (κ3) is 7.87. The number of nitrogens with one attached hydrogen (secondary N) is 1. The van der Waals surface area contributed by atoms with Gasteiger partial charge in [0.1, 0.15) is 35.0 Å². The highest BCUT2D eigenvalue weighted by Gasteiger charge is 2.45. The molecule has 1 aliphatic carbocycles. The molecule has 2 unspecified atom stereocenters. The highest BCUT2D eigenvalue weighted by Crippen LogP contribution is 2.46. The van der Waals surface area contributed by atoms with Crippen LogP contribution in [0.3, 0.4) is 0 Å². The third-order valence-corrected chi connectivity index (χ3v) is 11.3. The first-order valence-electron chi connectivity index (χ1n) is 17.2. The largest absolute Gasteiger partial charge is 0.460 e. The Morgan fingerprint density at radius 1 is 1.22 bits per heavy atom. The average molecular weight is 737 g/mol. The second-order valence-electron chi connectivity index (χ2n) is 13.4. The number of carbonyl (C=O) groups excluding carboxylic acids is 1. The van der Waals surface area contributed by atoms with E-state index in [1.165, 1.54) is 12.1 Å². The summed E-state index contributed by atoms with van der Waals surface area (Å²) in [5, 5.41) is 21.9. The summed E-state index contributed by atoms with van der Waals surface area (Å²) in [7, 11) is 4.07. The van der Waals surface area contributed by atoms with E-state index in [0.717, 1.165) is 88.9 Å². The number of nitrogen functional groups attached to an aromatic ring is 1. The molecule has 270 valence electrons. The van der Waals surface area contributed by atoms with Crippen molar-refractivity contribution in [2.75, 3.05) is 50.9 Å². The fourth-order valence-corrected chi connectivity index (χ4v) is 8.10. The Morgan fingerprint density at radius 2 is 1.98 bits per heavy atom. The lowest BCUT2D eigenvalue weighted by atomic mass is 9.78. The molecule has 2 aromatic carbocycles. The van der Waals surface area contributed by atoms with Crippen LogP contribution in [-0.4, -0.2) is 73.6 Å². The van der Waals surface area contributed by atoms with Gasteiger partial charge >= 0.3 is 6.01 Å². The van der Waals surface area contributed by atoms with Crippen LogP contribution in [0.1, 0.15) is 63.9 Å². The van der Waals surface area contributed by atoms with E-state index in [1.807, 2.05) is 20.8 Å². The van der Waals surface area contributed by atoms with Gasteiger partial charge in [0.15, 0.2) is 5.82 Å². The fourth-order valence-electron chi connectivity index (χ4n) is 6.85. The number of likely N-dealkylation sites (tertiary alicyclic amines) is 1. The monoisotopic (exact) mass is 736 g/mol. The Kier molecular flexibility index (Phi) is 12.3. The van der Waals surface area contributed by atoms with E-state index in [9.17, 15) is 9.65 Å². The van der Waals surface area contributed by atoms with E-state index in [2.05, 4.69) is 39.3 Å². The van der Waals surface area contributed by atoms with Crippen molar-refractivity contribution in [2.24, 2.45) is 5.92 Å². The van der Waals surface area contributed by atoms with Gasteiger partial charge in [-0.05, 0) is 96.6 Å². The summed E-state index contributed by atoms with van der Waals surface area (Å²) < 4.78 is 38.1. The van der Waals surface area contributed by atoms with Crippen LogP contribution in [0.4, 0.5) is 19.6 Å². The number of unbranched alkanes of at least 4 members (excludes halogenated alkanes) is 1. The molecular weight excluding hydrogens is 694 g/mol. The number of fused-ring (bicyclic) bond motifs is 2. The Morgan fingerprint density at radius 3 is 2.59 bits per heavy atom. The quantitative estimate of drug-likeness (QED) is 0.166. The number of rotatable bonds is 9. The maximum Gasteiger partial charge on any atom is 0.319 e. The molecule has 0 amide bonds. The van der Waals surface area contributed by atoms with Gasteiger partial charge < -0.3 is 25.5 Å². The highest BCUT2D eigenvalue weighted by molar-refractivity contribution is 7.23. The minimum atomic E-state index is -0.684. The summed E-state index contributed by atoms with van der Waals surface area (Å²) in [5.74, 6) is -0.198. The summed E-state index contributed by atoms with van der Waals surface area (Å²) in [6.45, 7) is 7.46. The van der Waals surface area contributed by atoms with Crippen molar-refractivity contribution in [3.05, 3.63) is 40.4 Å². The summed E-state index contributed by atoms with van der Waals surface area (Å²) in [4.78, 5) is 22.0. The number of halogens is 3. The number of piperidine rings is 1. The average Bonchev–Trinajstić information content (AvgIpc) is 3.92. The van der Waals surface area contributed by atoms with Gasteiger partial charge in [0.2, 0.25) is 0 Å². The number of benzene rings is 2. The fraction of sp³-hybridized carbons (Fsp3) is 0.486. The van der Waals surface area contributed by atoms with Crippen molar-refractivity contribution in [1.82, 2.24) is 20.2 Å². The lowest BCUT2D eigenvalue weighted by molar-refractivity contribution is -0.0980. The van der Waals surface area contributed by atoms with Gasteiger partial charge in [-0.25, -0.2) is 8.78 Å². The zero-order chi connectivity index (χ0) is 36.9. The molecule has 2 saturated heterocycles. The highest BCUT2D eigenvalue weighted by atomic mass is 35.5. The smallest absolute Gasteiger partial charge is 0.319 e. The Balaban J connectivity index is 0.000000654. The van der Waals surface area contributed by atoms with Crippen LogP contribution in [0.15, 0.2) is 18.2 Å². The first-order chi connectivity index (χ1) is 24.6. The molecule has 14 heteroatoms. The first kappa shape index (κ1) is 38.1. The van der Waals surface area contributed by atoms with Crippen molar-refractivity contribution < 1.29 is 18.3 Å². The summed E-state index contributed by atoms with van der Waals surface area (Å²) >= 11 is 7.81.